The third-order valence-electron chi connectivity index (χ3n) is 3.16. The van der Waals surface area contributed by atoms with Gasteiger partial charge in [0.25, 0.3) is 0 Å². The maximum absolute atomic E-state index is 9.00. The van der Waals surface area contributed by atoms with Gasteiger partial charge in [-0.15, -0.1) is 0 Å². The number of hydrogen-bond acceptors (Lipinski definition) is 3. The van der Waals surface area contributed by atoms with Crippen molar-refractivity contribution in [1.29, 1.82) is 5.26 Å². The molecular weight excluding hydrogens is 284 g/mol. The van der Waals surface area contributed by atoms with Crippen LogP contribution in [0.15, 0.2) is 42.5 Å². The first-order valence-electron chi connectivity index (χ1n) is 6.83. The molecule has 0 amide bonds. The average Bonchev–Trinajstić information content (AvgIpc) is 2.50. The molecule has 0 heterocycles. The number of nitrogens with zero attached hydrogens (tertiary/aromatic N) is 1. The monoisotopic (exact) mass is 300 g/mol. The minimum Gasteiger partial charge on any atom is -0.494 e. The molecule has 108 valence electrons. The highest BCUT2D eigenvalue weighted by atomic mass is 35.5. The van der Waals surface area contributed by atoms with Gasteiger partial charge in [0.15, 0.2) is 0 Å². The average molecular weight is 301 g/mol. The van der Waals surface area contributed by atoms with Crippen molar-refractivity contribution in [3.63, 3.8) is 0 Å². The van der Waals surface area contributed by atoms with Gasteiger partial charge < -0.3 is 10.1 Å². The van der Waals surface area contributed by atoms with Crippen LogP contribution in [0.25, 0.3) is 0 Å². The lowest BCUT2D eigenvalue weighted by atomic mass is 10.1. The van der Waals surface area contributed by atoms with E-state index in [1.54, 1.807) is 12.1 Å². The number of rotatable bonds is 5. The van der Waals surface area contributed by atoms with Crippen molar-refractivity contribution in [2.75, 3.05) is 11.9 Å². The van der Waals surface area contributed by atoms with Gasteiger partial charge in [0, 0.05) is 11.7 Å². The standard InChI is InChI=1S/C17H17ClN2O/c1-3-21-16-7-4-13(5-8-16)12(2)20-15-6-9-17(18)14(10-15)11-19/h4-10,12,20H,3H2,1-2H3. The maximum atomic E-state index is 9.00. The van der Waals surface area contributed by atoms with Gasteiger partial charge in [-0.05, 0) is 49.7 Å². The van der Waals surface area contributed by atoms with E-state index in [1.807, 2.05) is 37.3 Å². The molecular formula is C17H17ClN2O. The van der Waals surface area contributed by atoms with E-state index in [2.05, 4.69) is 18.3 Å². The minimum absolute atomic E-state index is 0.119. The molecule has 0 aliphatic rings. The Morgan fingerprint density at radius 2 is 1.95 bits per heavy atom. The zero-order valence-electron chi connectivity index (χ0n) is 12.1. The Labute approximate surface area is 130 Å². The van der Waals surface area contributed by atoms with E-state index < -0.39 is 0 Å². The predicted octanol–water partition coefficient (Wildman–Crippen LogP) is 4.78. The van der Waals surface area contributed by atoms with E-state index in [-0.39, 0.29) is 6.04 Å². The van der Waals surface area contributed by atoms with E-state index in [0.29, 0.717) is 17.2 Å². The van der Waals surface area contributed by atoms with Crippen LogP contribution >= 0.6 is 11.6 Å². The third kappa shape index (κ3) is 3.90. The number of nitrogens with one attached hydrogen (secondary N) is 1. The van der Waals surface area contributed by atoms with Crippen LogP contribution in [0.1, 0.15) is 31.0 Å². The summed E-state index contributed by atoms with van der Waals surface area (Å²) in [6, 6.07) is 15.5. The molecule has 0 spiro atoms. The summed E-state index contributed by atoms with van der Waals surface area (Å²) in [5.74, 6) is 0.867. The summed E-state index contributed by atoms with van der Waals surface area (Å²) >= 11 is 5.93. The van der Waals surface area contributed by atoms with Crippen LogP contribution in [0.2, 0.25) is 5.02 Å². The molecule has 21 heavy (non-hydrogen) atoms. The molecule has 1 unspecified atom stereocenters. The number of anilines is 1. The minimum atomic E-state index is 0.119. The first-order chi connectivity index (χ1) is 10.1. The number of hydrogen-bond donors (Lipinski definition) is 1. The summed E-state index contributed by atoms with van der Waals surface area (Å²) in [7, 11) is 0. The summed E-state index contributed by atoms with van der Waals surface area (Å²) in [4.78, 5) is 0. The van der Waals surface area contributed by atoms with Gasteiger partial charge in [0.1, 0.15) is 11.8 Å². The molecule has 1 N–H and O–H groups in total. The van der Waals surface area contributed by atoms with Crippen molar-refractivity contribution >= 4 is 17.3 Å². The molecule has 2 rings (SSSR count). The van der Waals surface area contributed by atoms with Gasteiger partial charge in [-0.25, -0.2) is 0 Å². The maximum Gasteiger partial charge on any atom is 0.119 e. The molecule has 0 fully saturated rings. The Bertz CT molecular complexity index is 647. The molecule has 0 aromatic heterocycles. The van der Waals surface area contributed by atoms with Crippen LogP contribution in [0.5, 0.6) is 5.75 Å². The summed E-state index contributed by atoms with van der Waals surface area (Å²) in [6.45, 7) is 4.69. The Morgan fingerprint density at radius 1 is 1.24 bits per heavy atom. The number of halogens is 1. The molecule has 0 saturated carbocycles. The zero-order valence-corrected chi connectivity index (χ0v) is 12.8. The number of benzene rings is 2. The van der Waals surface area contributed by atoms with Gasteiger partial charge >= 0.3 is 0 Å². The van der Waals surface area contributed by atoms with E-state index in [4.69, 9.17) is 21.6 Å². The van der Waals surface area contributed by atoms with Crippen LogP contribution < -0.4 is 10.1 Å². The van der Waals surface area contributed by atoms with Gasteiger partial charge in [0.2, 0.25) is 0 Å². The van der Waals surface area contributed by atoms with Crippen molar-refractivity contribution in [2.45, 2.75) is 19.9 Å². The van der Waals surface area contributed by atoms with E-state index in [9.17, 15) is 0 Å². The molecule has 0 aliphatic heterocycles. The highest BCUT2D eigenvalue weighted by Gasteiger charge is 2.07. The van der Waals surface area contributed by atoms with Crippen LogP contribution in [0.3, 0.4) is 0 Å². The fourth-order valence-electron chi connectivity index (χ4n) is 2.05. The molecule has 2 aromatic carbocycles. The third-order valence-corrected chi connectivity index (χ3v) is 3.49. The van der Waals surface area contributed by atoms with Gasteiger partial charge in [-0.1, -0.05) is 23.7 Å². The fraction of sp³-hybridized carbons (Fsp3) is 0.235. The lowest BCUT2D eigenvalue weighted by Crippen LogP contribution is -2.06. The van der Waals surface area contributed by atoms with Crippen molar-refractivity contribution in [1.82, 2.24) is 0 Å². The molecule has 0 bridgehead atoms. The van der Waals surface area contributed by atoms with E-state index >= 15 is 0 Å². The molecule has 0 saturated heterocycles. The van der Waals surface area contributed by atoms with Crippen LogP contribution in [-0.4, -0.2) is 6.61 Å². The fourth-order valence-corrected chi connectivity index (χ4v) is 2.21. The van der Waals surface area contributed by atoms with Crippen molar-refractivity contribution in [2.24, 2.45) is 0 Å². The number of ether oxygens (including phenoxy) is 1. The van der Waals surface area contributed by atoms with E-state index in [1.165, 1.54) is 0 Å². The zero-order chi connectivity index (χ0) is 15.2. The second-order valence-electron chi connectivity index (χ2n) is 4.67. The van der Waals surface area contributed by atoms with Gasteiger partial charge in [0.05, 0.1) is 17.2 Å². The largest absolute Gasteiger partial charge is 0.494 e. The molecule has 4 heteroatoms. The van der Waals surface area contributed by atoms with Gasteiger partial charge in [-0.3, -0.25) is 0 Å². The quantitative estimate of drug-likeness (QED) is 0.864. The SMILES string of the molecule is CCOc1ccc(C(C)Nc2ccc(Cl)c(C#N)c2)cc1. The highest BCUT2D eigenvalue weighted by molar-refractivity contribution is 6.31. The Kier molecular flexibility index (Phi) is 5.08. The predicted molar refractivity (Wildman–Crippen MR) is 85.8 cm³/mol. The topological polar surface area (TPSA) is 45.0 Å². The summed E-state index contributed by atoms with van der Waals surface area (Å²) in [5, 5.41) is 12.8. The van der Waals surface area contributed by atoms with Crippen molar-refractivity contribution < 1.29 is 4.74 Å². The lowest BCUT2D eigenvalue weighted by Gasteiger charge is -2.16. The summed E-state index contributed by atoms with van der Waals surface area (Å²) < 4.78 is 5.43. The van der Waals surface area contributed by atoms with Crippen LogP contribution in [-0.2, 0) is 0 Å². The molecule has 0 radical (unpaired) electrons. The molecule has 2 aromatic rings. The van der Waals surface area contributed by atoms with Crippen molar-refractivity contribution in [3.8, 4) is 11.8 Å². The van der Waals surface area contributed by atoms with Crippen LogP contribution in [0, 0.1) is 11.3 Å². The first-order valence-corrected chi connectivity index (χ1v) is 7.20. The Hall–Kier alpha value is -2.18. The molecule has 1 atom stereocenters. The molecule has 3 nitrogen and oxygen atoms in total. The second-order valence-corrected chi connectivity index (χ2v) is 5.08. The number of nitriles is 1. The highest BCUT2D eigenvalue weighted by Crippen LogP contribution is 2.24. The van der Waals surface area contributed by atoms with Crippen LogP contribution in [0.4, 0.5) is 5.69 Å². The van der Waals surface area contributed by atoms with Crippen molar-refractivity contribution in [3.05, 3.63) is 58.6 Å². The lowest BCUT2D eigenvalue weighted by molar-refractivity contribution is 0.340. The first kappa shape index (κ1) is 15.2. The normalized spacial score (nSPS) is 11.5. The smallest absolute Gasteiger partial charge is 0.119 e. The Balaban J connectivity index is 2.10. The van der Waals surface area contributed by atoms with E-state index in [0.717, 1.165) is 17.0 Å². The molecule has 0 aliphatic carbocycles. The Morgan fingerprint density at radius 3 is 2.57 bits per heavy atom. The second kappa shape index (κ2) is 7.01. The summed E-state index contributed by atoms with van der Waals surface area (Å²) in [5.41, 5.74) is 2.49. The van der Waals surface area contributed by atoms with Gasteiger partial charge in [-0.2, -0.15) is 5.26 Å². The summed E-state index contributed by atoms with van der Waals surface area (Å²) in [6.07, 6.45) is 0.